The number of nitrogens with one attached hydrogen (secondary N) is 3. The van der Waals surface area contributed by atoms with Crippen LogP contribution in [0, 0.1) is 0 Å². The molecular formula is C16H16N4O6. The van der Waals surface area contributed by atoms with Gasteiger partial charge >= 0.3 is 6.09 Å². The minimum absolute atomic E-state index is 0.0627. The lowest BCUT2D eigenvalue weighted by Gasteiger charge is -2.27. The molecule has 26 heavy (non-hydrogen) atoms. The molecule has 0 bridgehead atoms. The first-order valence-electron chi connectivity index (χ1n) is 7.95. The Morgan fingerprint density at radius 1 is 1.15 bits per heavy atom. The van der Waals surface area contributed by atoms with E-state index in [-0.39, 0.29) is 30.5 Å². The summed E-state index contributed by atoms with van der Waals surface area (Å²) in [6.45, 7) is 0.464. The van der Waals surface area contributed by atoms with Crippen LogP contribution in [0.25, 0.3) is 0 Å². The zero-order valence-corrected chi connectivity index (χ0v) is 13.6. The number of nitrogens with zero attached hydrogens (tertiary/aromatic N) is 1. The van der Waals surface area contributed by atoms with Gasteiger partial charge in [0.25, 0.3) is 11.8 Å². The Labute approximate surface area is 147 Å². The van der Waals surface area contributed by atoms with Crippen LogP contribution in [0.3, 0.4) is 0 Å². The number of hydrogen-bond donors (Lipinski definition) is 4. The third-order valence-electron chi connectivity index (χ3n) is 4.17. The molecule has 3 rings (SSSR count). The first kappa shape index (κ1) is 17.4. The standard InChI is InChI=1S/C16H16N4O6/c21-12-4-3-11(13(22)19-12)20-14(23)9-2-1-8(7-10(9)15(20)24)17-5-6-18-16(25)26/h1-2,7,11,17-18H,3-6H2,(H,25,26)(H,19,21,22). The van der Waals surface area contributed by atoms with E-state index in [2.05, 4.69) is 16.0 Å². The number of amides is 5. The van der Waals surface area contributed by atoms with Crippen molar-refractivity contribution in [3.8, 4) is 0 Å². The maximum Gasteiger partial charge on any atom is 0.404 e. The van der Waals surface area contributed by atoms with Crippen LogP contribution >= 0.6 is 0 Å². The molecule has 4 N–H and O–H groups in total. The zero-order valence-electron chi connectivity index (χ0n) is 13.6. The molecule has 1 unspecified atom stereocenters. The van der Waals surface area contributed by atoms with E-state index in [1.807, 2.05) is 0 Å². The van der Waals surface area contributed by atoms with E-state index in [4.69, 9.17) is 5.11 Å². The number of rotatable bonds is 5. The van der Waals surface area contributed by atoms with Crippen molar-refractivity contribution in [1.82, 2.24) is 15.5 Å². The molecule has 2 aliphatic heterocycles. The van der Waals surface area contributed by atoms with Gasteiger partial charge in [0.05, 0.1) is 11.1 Å². The van der Waals surface area contributed by atoms with Gasteiger partial charge in [-0.1, -0.05) is 0 Å². The van der Waals surface area contributed by atoms with Gasteiger partial charge < -0.3 is 15.7 Å². The first-order valence-corrected chi connectivity index (χ1v) is 7.95. The van der Waals surface area contributed by atoms with Crippen molar-refractivity contribution in [3.63, 3.8) is 0 Å². The largest absolute Gasteiger partial charge is 0.465 e. The quantitative estimate of drug-likeness (QED) is 0.419. The van der Waals surface area contributed by atoms with Gasteiger partial charge in [0.15, 0.2) is 0 Å². The fraction of sp³-hybridized carbons (Fsp3) is 0.312. The average molecular weight is 360 g/mol. The molecular weight excluding hydrogens is 344 g/mol. The molecule has 0 aromatic heterocycles. The Morgan fingerprint density at radius 2 is 1.88 bits per heavy atom. The fourth-order valence-corrected chi connectivity index (χ4v) is 2.96. The summed E-state index contributed by atoms with van der Waals surface area (Å²) in [4.78, 5) is 59.7. The number of anilines is 1. The van der Waals surface area contributed by atoms with Crippen LogP contribution in [0.5, 0.6) is 0 Å². The van der Waals surface area contributed by atoms with E-state index in [1.165, 1.54) is 12.1 Å². The number of imide groups is 2. The Balaban J connectivity index is 1.74. The van der Waals surface area contributed by atoms with E-state index < -0.39 is 35.8 Å². The monoisotopic (exact) mass is 360 g/mol. The average Bonchev–Trinajstić information content (AvgIpc) is 2.83. The van der Waals surface area contributed by atoms with Crippen LogP contribution in [0.4, 0.5) is 10.5 Å². The van der Waals surface area contributed by atoms with Crippen molar-refractivity contribution >= 4 is 35.4 Å². The third kappa shape index (κ3) is 3.21. The molecule has 2 aliphatic rings. The van der Waals surface area contributed by atoms with Crippen molar-refractivity contribution in [2.24, 2.45) is 0 Å². The summed E-state index contributed by atoms with van der Waals surface area (Å²) in [7, 11) is 0. The second-order valence-electron chi connectivity index (χ2n) is 5.87. The summed E-state index contributed by atoms with van der Waals surface area (Å²) in [5, 5.41) is 15.8. The third-order valence-corrected chi connectivity index (χ3v) is 4.17. The van der Waals surface area contributed by atoms with Gasteiger partial charge in [-0.15, -0.1) is 0 Å². The molecule has 1 aromatic carbocycles. The summed E-state index contributed by atoms with van der Waals surface area (Å²) in [5.74, 6) is -2.25. The van der Waals surface area contributed by atoms with Crippen LogP contribution in [0.2, 0.25) is 0 Å². The van der Waals surface area contributed by atoms with Crippen molar-refractivity contribution in [1.29, 1.82) is 0 Å². The van der Waals surface area contributed by atoms with E-state index in [0.717, 1.165) is 4.90 Å². The Kier molecular flexibility index (Phi) is 4.57. The number of carboxylic acid groups (broad SMARTS) is 1. The van der Waals surface area contributed by atoms with Gasteiger partial charge in [0.2, 0.25) is 11.8 Å². The van der Waals surface area contributed by atoms with Gasteiger partial charge in [-0.25, -0.2) is 4.79 Å². The number of piperidine rings is 1. The number of hydrogen-bond acceptors (Lipinski definition) is 6. The van der Waals surface area contributed by atoms with Gasteiger partial charge in [0.1, 0.15) is 6.04 Å². The summed E-state index contributed by atoms with van der Waals surface area (Å²) in [6.07, 6.45) is -0.976. The summed E-state index contributed by atoms with van der Waals surface area (Å²) < 4.78 is 0. The van der Waals surface area contributed by atoms with Crippen LogP contribution in [0.1, 0.15) is 33.6 Å². The molecule has 10 heteroatoms. The zero-order chi connectivity index (χ0) is 18.8. The smallest absolute Gasteiger partial charge is 0.404 e. The van der Waals surface area contributed by atoms with Crippen molar-refractivity contribution in [2.45, 2.75) is 18.9 Å². The molecule has 10 nitrogen and oxygen atoms in total. The SMILES string of the molecule is O=C(O)NCCNc1ccc2c(c1)C(=O)N(C1CCC(=O)NC1=O)C2=O. The van der Waals surface area contributed by atoms with Gasteiger partial charge in [-0.3, -0.25) is 29.4 Å². The molecule has 5 amide bonds. The van der Waals surface area contributed by atoms with Crippen molar-refractivity contribution in [2.75, 3.05) is 18.4 Å². The highest BCUT2D eigenvalue weighted by Crippen LogP contribution is 2.29. The summed E-state index contributed by atoms with van der Waals surface area (Å²) in [5.41, 5.74) is 0.895. The lowest BCUT2D eigenvalue weighted by molar-refractivity contribution is -0.136. The van der Waals surface area contributed by atoms with Crippen LogP contribution < -0.4 is 16.0 Å². The molecule has 0 saturated carbocycles. The lowest BCUT2D eigenvalue weighted by atomic mass is 10.0. The molecule has 1 atom stereocenters. The molecule has 0 aliphatic carbocycles. The molecule has 0 radical (unpaired) electrons. The molecule has 2 heterocycles. The minimum Gasteiger partial charge on any atom is -0.465 e. The maximum absolute atomic E-state index is 12.6. The minimum atomic E-state index is -1.14. The van der Waals surface area contributed by atoms with E-state index in [1.54, 1.807) is 6.07 Å². The second kappa shape index (κ2) is 6.82. The van der Waals surface area contributed by atoms with E-state index >= 15 is 0 Å². The number of carbonyl (C=O) groups is 5. The van der Waals surface area contributed by atoms with Crippen LogP contribution in [-0.4, -0.2) is 58.9 Å². The van der Waals surface area contributed by atoms with Gasteiger partial charge in [-0.05, 0) is 24.6 Å². The molecule has 136 valence electrons. The highest BCUT2D eigenvalue weighted by molar-refractivity contribution is 6.23. The topological polar surface area (TPSA) is 145 Å². The predicted molar refractivity (Wildman–Crippen MR) is 87.6 cm³/mol. The summed E-state index contributed by atoms with van der Waals surface area (Å²) >= 11 is 0. The molecule has 1 saturated heterocycles. The van der Waals surface area contributed by atoms with Crippen LogP contribution in [0.15, 0.2) is 18.2 Å². The normalized spacial score (nSPS) is 19.2. The lowest BCUT2D eigenvalue weighted by Crippen LogP contribution is -2.54. The second-order valence-corrected chi connectivity index (χ2v) is 5.87. The van der Waals surface area contributed by atoms with E-state index in [0.29, 0.717) is 12.2 Å². The Bertz CT molecular complexity index is 821. The van der Waals surface area contributed by atoms with Gasteiger partial charge in [-0.2, -0.15) is 0 Å². The van der Waals surface area contributed by atoms with Crippen molar-refractivity contribution in [3.05, 3.63) is 29.3 Å². The molecule has 1 fully saturated rings. The molecule has 1 aromatic rings. The Morgan fingerprint density at radius 3 is 2.58 bits per heavy atom. The highest BCUT2D eigenvalue weighted by Gasteiger charge is 2.44. The predicted octanol–water partition coefficient (Wildman–Crippen LogP) is -0.233. The fourth-order valence-electron chi connectivity index (χ4n) is 2.96. The van der Waals surface area contributed by atoms with Crippen LogP contribution in [-0.2, 0) is 9.59 Å². The van der Waals surface area contributed by atoms with E-state index in [9.17, 15) is 24.0 Å². The van der Waals surface area contributed by atoms with Gasteiger partial charge in [0, 0.05) is 25.2 Å². The first-order chi connectivity index (χ1) is 12.4. The highest BCUT2D eigenvalue weighted by atomic mass is 16.4. The Hall–Kier alpha value is -3.43. The number of fused-ring (bicyclic) bond motifs is 1. The van der Waals surface area contributed by atoms with Crippen molar-refractivity contribution < 1.29 is 29.1 Å². The maximum atomic E-state index is 12.6. The number of benzene rings is 1. The molecule has 0 spiro atoms. The number of carbonyl (C=O) groups excluding carboxylic acids is 4. The summed E-state index contributed by atoms with van der Waals surface area (Å²) in [6, 6.07) is 3.56.